The highest BCUT2D eigenvalue weighted by atomic mass is 35.5. The topological polar surface area (TPSA) is 38.3 Å². The number of amides is 1. The number of carbonyl (C=O) groups excluding carboxylic acids is 1. The molecule has 0 fully saturated rings. The Morgan fingerprint density at radius 2 is 1.81 bits per heavy atom. The van der Waals surface area contributed by atoms with Crippen LogP contribution < -0.4 is 10.1 Å². The van der Waals surface area contributed by atoms with Crippen LogP contribution in [0.1, 0.15) is 12.5 Å². The number of hydrogen-bond donors (Lipinski definition) is 1. The van der Waals surface area contributed by atoms with Gasteiger partial charge in [-0.3, -0.25) is 4.79 Å². The molecular weight excluding hydrogens is 309 g/mol. The Hall–Kier alpha value is -1.71. The molecular formula is C16H15Cl2NO2. The molecule has 3 nitrogen and oxygen atoms in total. The predicted octanol–water partition coefficient (Wildman–Crippen LogP) is 4.71. The minimum atomic E-state index is -0.650. The third kappa shape index (κ3) is 4.38. The summed E-state index contributed by atoms with van der Waals surface area (Å²) in [6.07, 6.45) is -0.650. The predicted molar refractivity (Wildman–Crippen MR) is 86.4 cm³/mol. The van der Waals surface area contributed by atoms with E-state index >= 15 is 0 Å². The highest BCUT2D eigenvalue weighted by Crippen LogP contribution is 2.25. The first kappa shape index (κ1) is 15.7. The summed E-state index contributed by atoms with van der Waals surface area (Å²) in [5.74, 6) is 0.347. The van der Waals surface area contributed by atoms with Crippen molar-refractivity contribution in [2.24, 2.45) is 0 Å². The number of carbonyl (C=O) groups is 1. The molecule has 2 aromatic rings. The Morgan fingerprint density at radius 1 is 1.14 bits per heavy atom. The van der Waals surface area contributed by atoms with Gasteiger partial charge in [-0.05, 0) is 44.2 Å². The van der Waals surface area contributed by atoms with Crippen molar-refractivity contribution in [3.05, 3.63) is 58.1 Å². The molecule has 0 bridgehead atoms. The van der Waals surface area contributed by atoms with Gasteiger partial charge < -0.3 is 10.1 Å². The van der Waals surface area contributed by atoms with Gasteiger partial charge in [0.2, 0.25) is 0 Å². The molecule has 21 heavy (non-hydrogen) atoms. The van der Waals surface area contributed by atoms with Gasteiger partial charge in [0.1, 0.15) is 5.75 Å². The van der Waals surface area contributed by atoms with E-state index in [0.717, 1.165) is 5.56 Å². The number of rotatable bonds is 4. The summed E-state index contributed by atoms with van der Waals surface area (Å²) in [7, 11) is 0. The molecule has 1 atom stereocenters. The minimum Gasteiger partial charge on any atom is -0.481 e. The van der Waals surface area contributed by atoms with Crippen LogP contribution in [0.3, 0.4) is 0 Å². The van der Waals surface area contributed by atoms with Gasteiger partial charge >= 0.3 is 0 Å². The van der Waals surface area contributed by atoms with Crippen molar-refractivity contribution in [1.29, 1.82) is 0 Å². The average molecular weight is 324 g/mol. The molecule has 1 amide bonds. The van der Waals surface area contributed by atoms with E-state index in [-0.39, 0.29) is 5.91 Å². The third-order valence-corrected chi connectivity index (χ3v) is 3.45. The molecule has 5 heteroatoms. The van der Waals surface area contributed by atoms with Gasteiger partial charge in [0.25, 0.3) is 5.91 Å². The first-order chi connectivity index (χ1) is 9.95. The fraction of sp³-hybridized carbons (Fsp3) is 0.188. The monoisotopic (exact) mass is 323 g/mol. The fourth-order valence-electron chi connectivity index (χ4n) is 1.70. The average Bonchev–Trinajstić information content (AvgIpc) is 2.45. The zero-order valence-corrected chi connectivity index (χ0v) is 13.2. The lowest BCUT2D eigenvalue weighted by Crippen LogP contribution is -2.30. The van der Waals surface area contributed by atoms with E-state index in [1.54, 1.807) is 25.1 Å². The van der Waals surface area contributed by atoms with Crippen LogP contribution in [0.15, 0.2) is 42.5 Å². The molecule has 110 valence electrons. The number of halogens is 2. The maximum Gasteiger partial charge on any atom is 0.265 e. The highest BCUT2D eigenvalue weighted by molar-refractivity contribution is 6.35. The van der Waals surface area contributed by atoms with Gasteiger partial charge in [-0.1, -0.05) is 40.9 Å². The number of anilines is 1. The Balaban J connectivity index is 2.02. The van der Waals surface area contributed by atoms with Crippen molar-refractivity contribution in [3.8, 4) is 5.75 Å². The van der Waals surface area contributed by atoms with Crippen molar-refractivity contribution in [2.75, 3.05) is 5.32 Å². The number of hydrogen-bond acceptors (Lipinski definition) is 2. The van der Waals surface area contributed by atoms with Gasteiger partial charge in [-0.25, -0.2) is 0 Å². The SMILES string of the molecule is Cc1ccc(O[C@@H](C)C(=O)Nc2cc(Cl)ccc2Cl)cc1. The van der Waals surface area contributed by atoms with Crippen molar-refractivity contribution >= 4 is 34.8 Å². The number of nitrogens with one attached hydrogen (secondary N) is 1. The quantitative estimate of drug-likeness (QED) is 0.885. The van der Waals surface area contributed by atoms with E-state index in [4.69, 9.17) is 27.9 Å². The van der Waals surface area contributed by atoms with E-state index < -0.39 is 6.10 Å². The summed E-state index contributed by atoms with van der Waals surface area (Å²) in [5, 5.41) is 3.63. The lowest BCUT2D eigenvalue weighted by molar-refractivity contribution is -0.122. The van der Waals surface area contributed by atoms with Crippen LogP contribution in [0.2, 0.25) is 10.0 Å². The molecule has 1 N–H and O–H groups in total. The minimum absolute atomic E-state index is 0.292. The second kappa shape index (κ2) is 6.83. The number of aryl methyl sites for hydroxylation is 1. The van der Waals surface area contributed by atoms with E-state index in [1.807, 2.05) is 31.2 Å². The Labute approximate surface area is 133 Å². The molecule has 2 aromatic carbocycles. The third-order valence-electron chi connectivity index (χ3n) is 2.89. The molecule has 0 spiro atoms. The molecule has 0 aromatic heterocycles. The van der Waals surface area contributed by atoms with Crippen LogP contribution in [0.25, 0.3) is 0 Å². The number of benzene rings is 2. The summed E-state index contributed by atoms with van der Waals surface area (Å²) >= 11 is 11.9. The molecule has 0 aliphatic rings. The lowest BCUT2D eigenvalue weighted by Gasteiger charge is -2.15. The van der Waals surface area contributed by atoms with Crippen molar-refractivity contribution < 1.29 is 9.53 Å². The maximum atomic E-state index is 12.1. The maximum absolute atomic E-state index is 12.1. The van der Waals surface area contributed by atoms with Crippen LogP contribution in [-0.4, -0.2) is 12.0 Å². The zero-order valence-electron chi connectivity index (χ0n) is 11.7. The van der Waals surface area contributed by atoms with Crippen molar-refractivity contribution in [2.45, 2.75) is 20.0 Å². The molecule has 0 heterocycles. The van der Waals surface area contributed by atoms with Gasteiger partial charge in [-0.15, -0.1) is 0 Å². The van der Waals surface area contributed by atoms with E-state index in [1.165, 1.54) is 0 Å². The molecule has 2 rings (SSSR count). The van der Waals surface area contributed by atoms with Crippen LogP contribution >= 0.6 is 23.2 Å². The second-order valence-corrected chi connectivity index (χ2v) is 5.53. The zero-order chi connectivity index (χ0) is 15.4. The van der Waals surface area contributed by atoms with Crippen LogP contribution in [0.5, 0.6) is 5.75 Å². The van der Waals surface area contributed by atoms with Gasteiger partial charge in [0.05, 0.1) is 10.7 Å². The van der Waals surface area contributed by atoms with Crippen molar-refractivity contribution in [3.63, 3.8) is 0 Å². The Morgan fingerprint density at radius 3 is 2.48 bits per heavy atom. The van der Waals surface area contributed by atoms with Crippen molar-refractivity contribution in [1.82, 2.24) is 0 Å². The number of ether oxygens (including phenoxy) is 1. The summed E-state index contributed by atoms with van der Waals surface area (Å²) in [4.78, 5) is 12.1. The lowest BCUT2D eigenvalue weighted by atomic mass is 10.2. The molecule has 0 saturated heterocycles. The smallest absolute Gasteiger partial charge is 0.265 e. The highest BCUT2D eigenvalue weighted by Gasteiger charge is 2.16. The van der Waals surface area contributed by atoms with Gasteiger partial charge in [0, 0.05) is 5.02 Å². The second-order valence-electron chi connectivity index (χ2n) is 4.69. The van der Waals surface area contributed by atoms with Crippen LogP contribution in [-0.2, 0) is 4.79 Å². The Bertz CT molecular complexity index is 641. The molecule has 0 aliphatic carbocycles. The Kier molecular flexibility index (Phi) is 5.10. The van der Waals surface area contributed by atoms with E-state index in [9.17, 15) is 4.79 Å². The largest absolute Gasteiger partial charge is 0.481 e. The fourth-order valence-corrected chi connectivity index (χ4v) is 2.04. The van der Waals surface area contributed by atoms with Crippen LogP contribution in [0.4, 0.5) is 5.69 Å². The van der Waals surface area contributed by atoms with Crippen LogP contribution in [0, 0.1) is 6.92 Å². The molecule has 0 aliphatic heterocycles. The molecule has 0 saturated carbocycles. The summed E-state index contributed by atoms with van der Waals surface area (Å²) in [6, 6.07) is 12.4. The first-order valence-corrected chi connectivity index (χ1v) is 7.20. The molecule has 0 unspecified atom stereocenters. The summed E-state index contributed by atoms with van der Waals surface area (Å²) in [5.41, 5.74) is 1.60. The summed E-state index contributed by atoms with van der Waals surface area (Å²) < 4.78 is 5.59. The normalized spacial score (nSPS) is 11.8. The van der Waals surface area contributed by atoms with Gasteiger partial charge in [0.15, 0.2) is 6.10 Å². The van der Waals surface area contributed by atoms with E-state index in [2.05, 4.69) is 5.32 Å². The standard InChI is InChI=1S/C16H15Cl2NO2/c1-10-3-6-13(7-4-10)21-11(2)16(20)19-15-9-12(17)5-8-14(15)18/h3-9,11H,1-2H3,(H,19,20)/t11-/m0/s1. The van der Waals surface area contributed by atoms with Gasteiger partial charge in [-0.2, -0.15) is 0 Å². The summed E-state index contributed by atoms with van der Waals surface area (Å²) in [6.45, 7) is 3.66. The first-order valence-electron chi connectivity index (χ1n) is 6.45. The molecule has 0 radical (unpaired) electrons. The van der Waals surface area contributed by atoms with E-state index in [0.29, 0.717) is 21.5 Å².